The SMILES string of the molecule is CS(=O)(=O)c1ccc(-c2cc(F)c(F)cc2Br)cc1. The summed E-state index contributed by atoms with van der Waals surface area (Å²) in [6.07, 6.45) is 1.11. The van der Waals surface area contributed by atoms with Gasteiger partial charge in [0.25, 0.3) is 0 Å². The summed E-state index contributed by atoms with van der Waals surface area (Å²) < 4.78 is 49.3. The van der Waals surface area contributed by atoms with E-state index in [0.717, 1.165) is 18.4 Å². The Kier molecular flexibility index (Phi) is 3.73. The first-order valence-electron chi connectivity index (χ1n) is 5.24. The van der Waals surface area contributed by atoms with Gasteiger partial charge in [-0.1, -0.05) is 28.1 Å². The first-order valence-corrected chi connectivity index (χ1v) is 7.92. The highest BCUT2D eigenvalue weighted by Crippen LogP contribution is 2.30. The maximum absolute atomic E-state index is 13.2. The second-order valence-corrected chi connectivity index (χ2v) is 6.91. The molecule has 0 aromatic heterocycles. The molecule has 2 rings (SSSR count). The molecular weight excluding hydrogens is 338 g/mol. The van der Waals surface area contributed by atoms with Crippen molar-refractivity contribution in [2.24, 2.45) is 0 Å². The average Bonchev–Trinajstić information content (AvgIpc) is 2.33. The Bertz CT molecular complexity index is 725. The van der Waals surface area contributed by atoms with Gasteiger partial charge in [-0.05, 0) is 35.4 Å². The molecule has 0 fully saturated rings. The number of hydrogen-bond donors (Lipinski definition) is 0. The minimum Gasteiger partial charge on any atom is -0.224 e. The standard InChI is InChI=1S/C13H9BrF2O2S/c1-19(17,18)9-4-2-8(3-5-9)10-6-12(15)13(16)7-11(10)14/h2-7H,1H3. The second kappa shape index (κ2) is 5.02. The van der Waals surface area contributed by atoms with Gasteiger partial charge in [0.05, 0.1) is 4.90 Å². The average molecular weight is 347 g/mol. The van der Waals surface area contributed by atoms with Crippen LogP contribution in [0.25, 0.3) is 11.1 Å². The number of hydrogen-bond acceptors (Lipinski definition) is 2. The van der Waals surface area contributed by atoms with Gasteiger partial charge in [-0.25, -0.2) is 17.2 Å². The molecule has 0 radical (unpaired) electrons. The maximum atomic E-state index is 13.2. The van der Waals surface area contributed by atoms with Crippen LogP contribution in [0.15, 0.2) is 45.8 Å². The quantitative estimate of drug-likeness (QED) is 0.775. The van der Waals surface area contributed by atoms with Crippen molar-refractivity contribution in [1.82, 2.24) is 0 Å². The molecule has 0 aliphatic carbocycles. The van der Waals surface area contributed by atoms with Crippen LogP contribution < -0.4 is 0 Å². The molecule has 0 amide bonds. The van der Waals surface area contributed by atoms with E-state index in [2.05, 4.69) is 15.9 Å². The number of benzene rings is 2. The number of rotatable bonds is 2. The molecule has 19 heavy (non-hydrogen) atoms. The van der Waals surface area contributed by atoms with Gasteiger partial charge in [0.2, 0.25) is 0 Å². The highest BCUT2D eigenvalue weighted by Gasteiger charge is 2.11. The van der Waals surface area contributed by atoms with Crippen molar-refractivity contribution in [1.29, 1.82) is 0 Å². The summed E-state index contributed by atoms with van der Waals surface area (Å²) in [7, 11) is -3.27. The van der Waals surface area contributed by atoms with Crippen molar-refractivity contribution in [2.75, 3.05) is 6.26 Å². The molecular formula is C13H9BrF2O2S. The van der Waals surface area contributed by atoms with E-state index in [0.29, 0.717) is 15.6 Å². The zero-order valence-corrected chi connectivity index (χ0v) is 12.2. The predicted molar refractivity (Wildman–Crippen MR) is 72.6 cm³/mol. The van der Waals surface area contributed by atoms with Crippen molar-refractivity contribution < 1.29 is 17.2 Å². The second-order valence-electron chi connectivity index (χ2n) is 4.04. The van der Waals surface area contributed by atoms with Gasteiger partial charge >= 0.3 is 0 Å². The molecule has 0 saturated carbocycles. The van der Waals surface area contributed by atoms with E-state index in [4.69, 9.17) is 0 Å². The van der Waals surface area contributed by atoms with E-state index >= 15 is 0 Å². The van der Waals surface area contributed by atoms with E-state index in [1.807, 2.05) is 0 Å². The normalized spacial score (nSPS) is 11.6. The highest BCUT2D eigenvalue weighted by atomic mass is 79.9. The molecule has 0 N–H and O–H groups in total. The van der Waals surface area contributed by atoms with Crippen LogP contribution in [0.1, 0.15) is 0 Å². The van der Waals surface area contributed by atoms with Crippen molar-refractivity contribution in [3.8, 4) is 11.1 Å². The van der Waals surface area contributed by atoms with Crippen molar-refractivity contribution in [2.45, 2.75) is 4.90 Å². The largest absolute Gasteiger partial charge is 0.224 e. The Morgan fingerprint density at radius 2 is 1.53 bits per heavy atom. The van der Waals surface area contributed by atoms with Gasteiger partial charge in [-0.2, -0.15) is 0 Å². The lowest BCUT2D eigenvalue weighted by atomic mass is 10.1. The zero-order chi connectivity index (χ0) is 14.2. The molecule has 100 valence electrons. The van der Waals surface area contributed by atoms with Crippen LogP contribution >= 0.6 is 15.9 Å². The van der Waals surface area contributed by atoms with Gasteiger partial charge in [-0.3, -0.25) is 0 Å². The Hall–Kier alpha value is -1.27. The van der Waals surface area contributed by atoms with Gasteiger partial charge in [0, 0.05) is 10.7 Å². The third-order valence-electron chi connectivity index (χ3n) is 2.60. The number of halogens is 3. The van der Waals surface area contributed by atoms with E-state index in [1.165, 1.54) is 12.1 Å². The van der Waals surface area contributed by atoms with Crippen LogP contribution in [0.5, 0.6) is 0 Å². The fourth-order valence-corrected chi connectivity index (χ4v) is 2.80. The molecule has 0 atom stereocenters. The monoisotopic (exact) mass is 346 g/mol. The molecule has 0 bridgehead atoms. The van der Waals surface area contributed by atoms with Crippen molar-refractivity contribution >= 4 is 25.8 Å². The molecule has 2 aromatic carbocycles. The lowest BCUT2D eigenvalue weighted by molar-refractivity contribution is 0.508. The third-order valence-corrected chi connectivity index (χ3v) is 4.39. The van der Waals surface area contributed by atoms with Crippen LogP contribution in [0.3, 0.4) is 0 Å². The minimum absolute atomic E-state index is 0.176. The van der Waals surface area contributed by atoms with E-state index in [1.54, 1.807) is 12.1 Å². The Morgan fingerprint density at radius 3 is 2.05 bits per heavy atom. The van der Waals surface area contributed by atoms with Crippen LogP contribution in [0.2, 0.25) is 0 Å². The lowest BCUT2D eigenvalue weighted by Gasteiger charge is -2.07. The fourth-order valence-electron chi connectivity index (χ4n) is 1.63. The van der Waals surface area contributed by atoms with E-state index < -0.39 is 21.5 Å². The molecule has 0 saturated heterocycles. The van der Waals surface area contributed by atoms with Crippen LogP contribution in [-0.4, -0.2) is 14.7 Å². The molecule has 2 aromatic rings. The molecule has 0 unspecified atom stereocenters. The van der Waals surface area contributed by atoms with E-state index in [-0.39, 0.29) is 4.90 Å². The van der Waals surface area contributed by atoms with Crippen LogP contribution in [0.4, 0.5) is 8.78 Å². The Morgan fingerprint density at radius 1 is 1.00 bits per heavy atom. The maximum Gasteiger partial charge on any atom is 0.175 e. The smallest absolute Gasteiger partial charge is 0.175 e. The Balaban J connectivity index is 2.52. The summed E-state index contributed by atoms with van der Waals surface area (Å²) in [4.78, 5) is 0.176. The van der Waals surface area contributed by atoms with Gasteiger partial charge in [0.1, 0.15) is 0 Å². The van der Waals surface area contributed by atoms with Crippen molar-refractivity contribution in [3.05, 3.63) is 52.5 Å². The minimum atomic E-state index is -3.27. The summed E-state index contributed by atoms with van der Waals surface area (Å²) in [5, 5.41) is 0. The van der Waals surface area contributed by atoms with Crippen molar-refractivity contribution in [3.63, 3.8) is 0 Å². The molecule has 2 nitrogen and oxygen atoms in total. The van der Waals surface area contributed by atoms with Crippen LogP contribution in [0, 0.1) is 11.6 Å². The summed E-state index contributed by atoms with van der Waals surface area (Å²) in [6, 6.07) is 8.06. The third kappa shape index (κ3) is 3.01. The molecule has 0 heterocycles. The molecule has 0 aliphatic heterocycles. The highest BCUT2D eigenvalue weighted by molar-refractivity contribution is 9.10. The number of sulfone groups is 1. The Labute approximate surface area is 118 Å². The molecule has 6 heteroatoms. The summed E-state index contributed by atoms with van der Waals surface area (Å²) in [6.45, 7) is 0. The first-order chi connectivity index (χ1) is 8.79. The van der Waals surface area contributed by atoms with Gasteiger partial charge in [-0.15, -0.1) is 0 Å². The fraction of sp³-hybridized carbons (Fsp3) is 0.0769. The topological polar surface area (TPSA) is 34.1 Å². The van der Waals surface area contributed by atoms with Gasteiger partial charge < -0.3 is 0 Å². The first kappa shape index (κ1) is 14.1. The zero-order valence-electron chi connectivity index (χ0n) is 9.82. The summed E-state index contributed by atoms with van der Waals surface area (Å²) in [5.41, 5.74) is 1.05. The molecule has 0 spiro atoms. The molecule has 0 aliphatic rings. The van der Waals surface area contributed by atoms with Crippen LogP contribution in [-0.2, 0) is 9.84 Å². The lowest BCUT2D eigenvalue weighted by Crippen LogP contribution is -1.96. The summed E-state index contributed by atoms with van der Waals surface area (Å²) in [5.74, 6) is -1.89. The van der Waals surface area contributed by atoms with E-state index in [9.17, 15) is 17.2 Å². The van der Waals surface area contributed by atoms with Gasteiger partial charge in [0.15, 0.2) is 21.5 Å². The predicted octanol–water partition coefficient (Wildman–Crippen LogP) is 3.80. The summed E-state index contributed by atoms with van der Waals surface area (Å²) >= 11 is 3.15.